The number of nitriles is 1. The van der Waals surface area contributed by atoms with Gasteiger partial charge in [-0.3, -0.25) is 4.79 Å². The Bertz CT molecular complexity index is 1590. The second-order valence-electron chi connectivity index (χ2n) is 8.13. The number of ether oxygens (including phenoxy) is 1. The summed E-state index contributed by atoms with van der Waals surface area (Å²) in [6, 6.07) is 28.3. The molecule has 36 heavy (non-hydrogen) atoms. The maximum atomic E-state index is 12.5. The van der Waals surface area contributed by atoms with Crippen molar-refractivity contribution in [3.63, 3.8) is 0 Å². The summed E-state index contributed by atoms with van der Waals surface area (Å²) in [7, 11) is 0. The van der Waals surface area contributed by atoms with Crippen LogP contribution in [0, 0.1) is 11.3 Å². The Morgan fingerprint density at radius 1 is 0.861 bits per heavy atom. The van der Waals surface area contributed by atoms with Gasteiger partial charge in [-0.15, -0.1) is 0 Å². The fourth-order valence-corrected chi connectivity index (χ4v) is 3.73. The molecule has 2 aromatic heterocycles. The second-order valence-corrected chi connectivity index (χ2v) is 8.13. The molecule has 0 bridgehead atoms. The highest BCUT2D eigenvalue weighted by Crippen LogP contribution is 2.20. The fourth-order valence-electron chi connectivity index (χ4n) is 3.73. The molecule has 0 amide bonds. The van der Waals surface area contributed by atoms with Crippen molar-refractivity contribution in [1.82, 2.24) is 19.7 Å². The van der Waals surface area contributed by atoms with Gasteiger partial charge in [0.25, 0.3) is 0 Å². The lowest BCUT2D eigenvalue weighted by atomic mass is 10.1. The quantitative estimate of drug-likeness (QED) is 0.341. The largest absolute Gasteiger partial charge is 0.486 e. The van der Waals surface area contributed by atoms with Crippen molar-refractivity contribution < 1.29 is 4.74 Å². The van der Waals surface area contributed by atoms with Crippen molar-refractivity contribution in [3.05, 3.63) is 136 Å². The van der Waals surface area contributed by atoms with E-state index in [4.69, 9.17) is 10.00 Å². The molecule has 0 saturated heterocycles. The predicted molar refractivity (Wildman–Crippen MR) is 136 cm³/mol. The molecule has 0 saturated carbocycles. The third kappa shape index (κ3) is 5.34. The fraction of sp³-hybridized carbons (Fsp3) is 0.0690. The summed E-state index contributed by atoms with van der Waals surface area (Å²) < 4.78 is 7.38. The summed E-state index contributed by atoms with van der Waals surface area (Å²) >= 11 is 0. The third-order valence-electron chi connectivity index (χ3n) is 5.55. The monoisotopic (exact) mass is 471 g/mol. The van der Waals surface area contributed by atoms with Crippen LogP contribution in [-0.2, 0) is 13.0 Å². The number of rotatable bonds is 7. The molecule has 7 heteroatoms. The zero-order valence-corrected chi connectivity index (χ0v) is 19.3. The third-order valence-corrected chi connectivity index (χ3v) is 5.55. The molecule has 0 unspecified atom stereocenters. The standard InChI is InChI=1S/C29H21N5O2/c30-17-23-9-5-11-25(15-23)34-13-12-28(35)27(33-34)16-22-8-4-10-24(14-22)29-31-18-26(19-32-29)36-20-21-6-2-1-3-7-21/h1-15,18-19H,16,20H2. The van der Waals surface area contributed by atoms with E-state index >= 15 is 0 Å². The topological polar surface area (TPSA) is 93.7 Å². The molecule has 7 nitrogen and oxygen atoms in total. The van der Waals surface area contributed by atoms with Crippen molar-refractivity contribution >= 4 is 0 Å². The summed E-state index contributed by atoms with van der Waals surface area (Å²) in [5, 5.41) is 13.7. The highest BCUT2D eigenvalue weighted by atomic mass is 16.5. The molecule has 0 atom stereocenters. The number of hydrogen-bond donors (Lipinski definition) is 0. The van der Waals surface area contributed by atoms with Crippen molar-refractivity contribution in [2.24, 2.45) is 0 Å². The van der Waals surface area contributed by atoms with Crippen LogP contribution < -0.4 is 10.2 Å². The summed E-state index contributed by atoms with van der Waals surface area (Å²) in [6.07, 6.45) is 5.27. The van der Waals surface area contributed by atoms with Gasteiger partial charge in [0.05, 0.1) is 29.7 Å². The molecule has 174 valence electrons. The number of hydrogen-bond acceptors (Lipinski definition) is 6. The molecule has 0 aliphatic carbocycles. The van der Waals surface area contributed by atoms with Gasteiger partial charge >= 0.3 is 0 Å². The van der Waals surface area contributed by atoms with Crippen molar-refractivity contribution in [3.8, 4) is 28.9 Å². The van der Waals surface area contributed by atoms with Crippen LogP contribution in [0.15, 0.2) is 108 Å². The normalized spacial score (nSPS) is 10.5. The number of aromatic nitrogens is 4. The number of nitrogens with zero attached hydrogens (tertiary/aromatic N) is 5. The Balaban J connectivity index is 1.33. The van der Waals surface area contributed by atoms with Crippen molar-refractivity contribution in [2.45, 2.75) is 13.0 Å². The van der Waals surface area contributed by atoms with Crippen molar-refractivity contribution in [1.29, 1.82) is 5.26 Å². The Hall–Kier alpha value is -5.09. The predicted octanol–water partition coefficient (Wildman–Crippen LogP) is 4.73. The lowest BCUT2D eigenvalue weighted by Crippen LogP contribution is -2.16. The molecule has 5 aromatic rings. The average Bonchev–Trinajstić information content (AvgIpc) is 2.94. The first-order valence-corrected chi connectivity index (χ1v) is 11.4. The minimum Gasteiger partial charge on any atom is -0.486 e. The van der Waals surface area contributed by atoms with Gasteiger partial charge in [0.15, 0.2) is 11.6 Å². The van der Waals surface area contributed by atoms with Gasteiger partial charge in [-0.1, -0.05) is 54.6 Å². The first-order valence-electron chi connectivity index (χ1n) is 11.4. The van der Waals surface area contributed by atoms with Gasteiger partial charge in [-0.05, 0) is 35.4 Å². The molecule has 0 radical (unpaired) electrons. The molecular formula is C29H21N5O2. The maximum absolute atomic E-state index is 12.5. The van der Waals surface area contributed by atoms with E-state index in [0.29, 0.717) is 41.5 Å². The molecule has 0 N–H and O–H groups in total. The molecule has 0 aliphatic heterocycles. The lowest BCUT2D eigenvalue weighted by Gasteiger charge is -2.09. The van der Waals surface area contributed by atoms with Gasteiger partial charge in [0.1, 0.15) is 12.3 Å². The summed E-state index contributed by atoms with van der Waals surface area (Å²) in [4.78, 5) is 21.4. The Morgan fingerprint density at radius 3 is 2.44 bits per heavy atom. The molecule has 0 aliphatic rings. The SMILES string of the molecule is N#Cc1cccc(-n2ccc(=O)c(Cc3cccc(-c4ncc(OCc5ccccc5)cn4)c3)n2)c1. The van der Waals surface area contributed by atoms with E-state index in [1.807, 2.05) is 60.7 Å². The summed E-state index contributed by atoms with van der Waals surface area (Å²) in [5.41, 5.74) is 4.31. The summed E-state index contributed by atoms with van der Waals surface area (Å²) in [5.74, 6) is 1.16. The first-order chi connectivity index (χ1) is 17.7. The molecule has 2 heterocycles. The van der Waals surface area contributed by atoms with Gasteiger partial charge in [0, 0.05) is 24.2 Å². The van der Waals surface area contributed by atoms with E-state index in [0.717, 1.165) is 16.7 Å². The Kier molecular flexibility index (Phi) is 6.59. The number of benzene rings is 3. The van der Waals surface area contributed by atoms with E-state index in [9.17, 15) is 4.79 Å². The lowest BCUT2D eigenvalue weighted by molar-refractivity contribution is 0.303. The van der Waals surface area contributed by atoms with Gasteiger partial charge in [-0.25, -0.2) is 14.6 Å². The smallest absolute Gasteiger partial charge is 0.203 e. The first kappa shape index (κ1) is 22.7. The van der Waals surface area contributed by atoms with E-state index in [2.05, 4.69) is 21.1 Å². The van der Waals surface area contributed by atoms with Gasteiger partial charge in [-0.2, -0.15) is 10.4 Å². The van der Waals surface area contributed by atoms with E-state index in [-0.39, 0.29) is 5.43 Å². The van der Waals surface area contributed by atoms with Crippen LogP contribution in [0.1, 0.15) is 22.4 Å². The van der Waals surface area contributed by atoms with Crippen molar-refractivity contribution in [2.75, 3.05) is 0 Å². The van der Waals surface area contributed by atoms with E-state index in [1.54, 1.807) is 41.5 Å². The molecular weight excluding hydrogens is 450 g/mol. The highest BCUT2D eigenvalue weighted by molar-refractivity contribution is 5.56. The van der Waals surface area contributed by atoms with Crippen LogP contribution in [0.25, 0.3) is 17.1 Å². The highest BCUT2D eigenvalue weighted by Gasteiger charge is 2.09. The zero-order valence-electron chi connectivity index (χ0n) is 19.3. The van der Waals surface area contributed by atoms with Crippen LogP contribution in [0.4, 0.5) is 0 Å². The minimum absolute atomic E-state index is 0.149. The molecule has 0 fully saturated rings. The summed E-state index contributed by atoms with van der Waals surface area (Å²) in [6.45, 7) is 0.446. The molecule has 0 spiro atoms. The zero-order chi connectivity index (χ0) is 24.7. The molecule has 3 aromatic carbocycles. The van der Waals surface area contributed by atoms with Crippen LogP contribution in [0.5, 0.6) is 5.75 Å². The van der Waals surface area contributed by atoms with Gasteiger partial charge in [0.2, 0.25) is 5.43 Å². The van der Waals surface area contributed by atoms with Crippen LogP contribution in [0.2, 0.25) is 0 Å². The Labute approximate surface area is 207 Å². The second kappa shape index (κ2) is 10.5. The maximum Gasteiger partial charge on any atom is 0.203 e. The van der Waals surface area contributed by atoms with E-state index < -0.39 is 0 Å². The average molecular weight is 472 g/mol. The van der Waals surface area contributed by atoms with Crippen LogP contribution in [0.3, 0.4) is 0 Å². The van der Waals surface area contributed by atoms with Crippen LogP contribution in [-0.4, -0.2) is 19.7 Å². The Morgan fingerprint density at radius 2 is 1.64 bits per heavy atom. The van der Waals surface area contributed by atoms with E-state index in [1.165, 1.54) is 6.07 Å². The molecule has 5 rings (SSSR count). The van der Waals surface area contributed by atoms with Crippen LogP contribution >= 0.6 is 0 Å². The van der Waals surface area contributed by atoms with Gasteiger partial charge < -0.3 is 4.74 Å². The minimum atomic E-state index is -0.149.